The molecule has 1 amide bonds. The van der Waals surface area contributed by atoms with Crippen LogP contribution >= 0.6 is 15.9 Å². The monoisotopic (exact) mass is 341 g/mol. The highest BCUT2D eigenvalue weighted by Crippen LogP contribution is 2.24. The Morgan fingerprint density at radius 1 is 1.25 bits per heavy atom. The van der Waals surface area contributed by atoms with Gasteiger partial charge in [-0.1, -0.05) is 0 Å². The minimum Gasteiger partial charge on any atom is -0.386 e. The second kappa shape index (κ2) is 5.96. The number of hydrogen-bond acceptors (Lipinski definition) is 3. The molecule has 0 saturated carbocycles. The molecule has 0 aliphatic rings. The van der Waals surface area contributed by atoms with Crippen molar-refractivity contribution in [2.75, 3.05) is 17.7 Å². The van der Waals surface area contributed by atoms with Crippen molar-refractivity contribution in [2.24, 2.45) is 0 Å². The van der Waals surface area contributed by atoms with E-state index in [1.807, 2.05) is 0 Å². The third-order valence-electron chi connectivity index (χ3n) is 2.59. The lowest BCUT2D eigenvalue weighted by Crippen LogP contribution is -2.15. The first kappa shape index (κ1) is 14.4. The summed E-state index contributed by atoms with van der Waals surface area (Å²) in [5, 5.41) is 5.20. The third kappa shape index (κ3) is 2.93. The second-order valence-corrected chi connectivity index (χ2v) is 4.73. The molecule has 0 bridgehead atoms. The van der Waals surface area contributed by atoms with Gasteiger partial charge in [0.15, 0.2) is 0 Å². The highest BCUT2D eigenvalue weighted by molar-refractivity contribution is 9.10. The van der Waals surface area contributed by atoms with Crippen LogP contribution < -0.4 is 10.6 Å². The van der Waals surface area contributed by atoms with E-state index in [4.69, 9.17) is 0 Å². The number of amides is 1. The highest BCUT2D eigenvalue weighted by Gasteiger charge is 2.14. The van der Waals surface area contributed by atoms with Crippen LogP contribution in [0.1, 0.15) is 10.4 Å². The van der Waals surface area contributed by atoms with Gasteiger partial charge in [-0.25, -0.2) is 8.78 Å². The van der Waals surface area contributed by atoms with Crippen LogP contribution in [0.5, 0.6) is 0 Å². The number of nitrogens with one attached hydrogen (secondary N) is 2. The van der Waals surface area contributed by atoms with E-state index in [0.29, 0.717) is 17.3 Å². The van der Waals surface area contributed by atoms with Crippen molar-refractivity contribution in [3.05, 3.63) is 52.3 Å². The van der Waals surface area contributed by atoms with E-state index in [1.54, 1.807) is 7.05 Å². The minimum atomic E-state index is -0.848. The molecule has 0 atom stereocenters. The van der Waals surface area contributed by atoms with E-state index in [2.05, 4.69) is 31.5 Å². The molecule has 7 heteroatoms. The van der Waals surface area contributed by atoms with Crippen LogP contribution in [0.15, 0.2) is 35.1 Å². The second-order valence-electron chi connectivity index (χ2n) is 3.87. The molecule has 0 unspecified atom stereocenters. The normalized spacial score (nSPS) is 10.2. The summed E-state index contributed by atoms with van der Waals surface area (Å²) in [7, 11) is 1.64. The van der Waals surface area contributed by atoms with Gasteiger partial charge in [0.25, 0.3) is 5.91 Å². The van der Waals surface area contributed by atoms with Gasteiger partial charge in [0, 0.05) is 19.3 Å². The van der Waals surface area contributed by atoms with Crippen molar-refractivity contribution < 1.29 is 13.6 Å². The summed E-state index contributed by atoms with van der Waals surface area (Å²) in [6.45, 7) is 0. The molecule has 0 radical (unpaired) electrons. The highest BCUT2D eigenvalue weighted by atomic mass is 79.9. The number of carbonyl (C=O) groups is 1. The molecule has 20 heavy (non-hydrogen) atoms. The summed E-state index contributed by atoms with van der Waals surface area (Å²) >= 11 is 2.94. The number of aromatic nitrogens is 1. The Morgan fingerprint density at radius 3 is 2.70 bits per heavy atom. The predicted octanol–water partition coefficient (Wildman–Crippen LogP) is 3.42. The molecule has 2 aromatic rings. The van der Waals surface area contributed by atoms with Crippen LogP contribution in [-0.4, -0.2) is 17.9 Å². The van der Waals surface area contributed by atoms with E-state index in [1.165, 1.54) is 24.5 Å². The Kier molecular flexibility index (Phi) is 4.29. The number of nitrogens with zero attached hydrogens (tertiary/aromatic N) is 1. The fourth-order valence-electron chi connectivity index (χ4n) is 1.60. The lowest BCUT2D eigenvalue weighted by molar-refractivity contribution is 0.102. The molecule has 0 saturated heterocycles. The number of pyridine rings is 1. The molecule has 2 rings (SSSR count). The zero-order chi connectivity index (χ0) is 14.7. The molecule has 4 nitrogen and oxygen atoms in total. The van der Waals surface area contributed by atoms with Crippen molar-refractivity contribution in [3.8, 4) is 0 Å². The van der Waals surface area contributed by atoms with Crippen LogP contribution in [0.2, 0.25) is 0 Å². The maximum absolute atomic E-state index is 13.6. The van der Waals surface area contributed by atoms with Crippen LogP contribution in [-0.2, 0) is 0 Å². The summed E-state index contributed by atoms with van der Waals surface area (Å²) in [5.74, 6) is -2.10. The van der Waals surface area contributed by atoms with Crippen molar-refractivity contribution >= 4 is 33.2 Å². The van der Waals surface area contributed by atoms with Crippen molar-refractivity contribution in [3.63, 3.8) is 0 Å². The first-order valence-electron chi connectivity index (χ1n) is 5.60. The van der Waals surface area contributed by atoms with Crippen molar-refractivity contribution in [2.45, 2.75) is 0 Å². The Morgan fingerprint density at radius 2 is 2.00 bits per heavy atom. The molecule has 1 aromatic heterocycles. The third-order valence-corrected chi connectivity index (χ3v) is 3.20. The summed E-state index contributed by atoms with van der Waals surface area (Å²) in [4.78, 5) is 16.0. The van der Waals surface area contributed by atoms with Crippen molar-refractivity contribution in [1.82, 2.24) is 4.98 Å². The van der Waals surface area contributed by atoms with Crippen LogP contribution in [0.4, 0.5) is 20.2 Å². The molecule has 2 N–H and O–H groups in total. The topological polar surface area (TPSA) is 54.0 Å². The molecule has 0 aliphatic heterocycles. The molecule has 0 aliphatic carbocycles. The lowest BCUT2D eigenvalue weighted by Gasteiger charge is -2.10. The van der Waals surface area contributed by atoms with E-state index < -0.39 is 17.5 Å². The summed E-state index contributed by atoms with van der Waals surface area (Å²) < 4.78 is 26.8. The SMILES string of the molecule is CNc1cnccc1C(=O)Nc1cc(Br)c(F)cc1F. The number of rotatable bonds is 3. The quantitative estimate of drug-likeness (QED) is 0.841. The zero-order valence-corrected chi connectivity index (χ0v) is 12.0. The molecule has 0 spiro atoms. The standard InChI is InChI=1S/C13H10BrF2N3O/c1-17-12-6-18-3-2-7(12)13(20)19-11-4-8(14)9(15)5-10(11)16/h2-6,17H,1H3,(H,19,20). The smallest absolute Gasteiger partial charge is 0.257 e. The summed E-state index contributed by atoms with van der Waals surface area (Å²) in [6, 6.07) is 3.37. The Bertz CT molecular complexity index is 664. The first-order valence-corrected chi connectivity index (χ1v) is 6.40. The largest absolute Gasteiger partial charge is 0.386 e. The molecule has 1 aromatic carbocycles. The average molecular weight is 342 g/mol. The number of benzene rings is 1. The van der Waals surface area contributed by atoms with Crippen LogP contribution in [0, 0.1) is 11.6 Å². The number of hydrogen-bond donors (Lipinski definition) is 2. The van der Waals surface area contributed by atoms with Gasteiger partial charge in [0.1, 0.15) is 11.6 Å². The Hall–Kier alpha value is -2.02. The van der Waals surface area contributed by atoms with Gasteiger partial charge in [0.2, 0.25) is 0 Å². The predicted molar refractivity (Wildman–Crippen MR) is 75.8 cm³/mol. The number of halogens is 3. The molecular weight excluding hydrogens is 332 g/mol. The van der Waals surface area contributed by atoms with Gasteiger partial charge in [0.05, 0.1) is 27.6 Å². The van der Waals surface area contributed by atoms with Crippen molar-refractivity contribution in [1.29, 1.82) is 0 Å². The van der Waals surface area contributed by atoms with Gasteiger partial charge in [-0.15, -0.1) is 0 Å². The molecular formula is C13H10BrF2N3O. The molecule has 104 valence electrons. The molecule has 0 fully saturated rings. The van der Waals surface area contributed by atoms with E-state index in [0.717, 1.165) is 0 Å². The maximum atomic E-state index is 13.6. The van der Waals surface area contributed by atoms with Gasteiger partial charge >= 0.3 is 0 Å². The van der Waals surface area contributed by atoms with E-state index >= 15 is 0 Å². The maximum Gasteiger partial charge on any atom is 0.257 e. The van der Waals surface area contributed by atoms with E-state index in [9.17, 15) is 13.6 Å². The number of carbonyl (C=O) groups excluding carboxylic acids is 1. The minimum absolute atomic E-state index is 0.0674. The Balaban J connectivity index is 2.30. The van der Waals surface area contributed by atoms with Gasteiger partial charge in [-0.05, 0) is 28.1 Å². The van der Waals surface area contributed by atoms with Gasteiger partial charge < -0.3 is 10.6 Å². The summed E-state index contributed by atoms with van der Waals surface area (Å²) in [6.07, 6.45) is 2.93. The zero-order valence-electron chi connectivity index (χ0n) is 10.4. The first-order chi connectivity index (χ1) is 9.52. The fraction of sp³-hybridized carbons (Fsp3) is 0.0769. The van der Waals surface area contributed by atoms with Crippen LogP contribution in [0.25, 0.3) is 0 Å². The van der Waals surface area contributed by atoms with Gasteiger partial charge in [-0.2, -0.15) is 0 Å². The lowest BCUT2D eigenvalue weighted by atomic mass is 10.2. The molecule has 1 heterocycles. The van der Waals surface area contributed by atoms with Gasteiger partial charge in [-0.3, -0.25) is 9.78 Å². The Labute approximate surface area is 122 Å². The fourth-order valence-corrected chi connectivity index (χ4v) is 1.94. The number of anilines is 2. The van der Waals surface area contributed by atoms with E-state index in [-0.39, 0.29) is 10.2 Å². The average Bonchev–Trinajstić information content (AvgIpc) is 2.44. The van der Waals surface area contributed by atoms with Crippen LogP contribution in [0.3, 0.4) is 0 Å². The summed E-state index contributed by atoms with van der Waals surface area (Å²) in [5.41, 5.74) is 0.705.